The Morgan fingerprint density at radius 2 is 1.37 bits per heavy atom. The second kappa shape index (κ2) is 9.99. The molecular formula is C30H21Cl2N3O8. The summed E-state index contributed by atoms with van der Waals surface area (Å²) in [5.74, 6) is -7.20. The summed E-state index contributed by atoms with van der Waals surface area (Å²) in [6.45, 7) is -0.881. The molecule has 11 nitrogen and oxygen atoms in total. The molecule has 43 heavy (non-hydrogen) atoms. The van der Waals surface area contributed by atoms with Crippen molar-refractivity contribution >= 4 is 58.4 Å². The molecule has 1 heterocycles. The molecule has 218 valence electrons. The van der Waals surface area contributed by atoms with Gasteiger partial charge in [-0.3, -0.25) is 34.2 Å². The van der Waals surface area contributed by atoms with E-state index < -0.39 is 75.1 Å². The Labute approximate surface area is 253 Å². The fourth-order valence-corrected chi connectivity index (χ4v) is 7.67. The number of hydrogen-bond acceptors (Lipinski definition) is 8. The average Bonchev–Trinajstić information content (AvgIpc) is 3.27. The summed E-state index contributed by atoms with van der Waals surface area (Å²) in [7, 11) is 0. The normalized spacial score (nSPS) is 25.4. The number of carbonyl (C=O) groups excluding carboxylic acids is 5. The zero-order chi connectivity index (χ0) is 30.8. The molecule has 1 fully saturated rings. The van der Waals surface area contributed by atoms with E-state index in [0.29, 0.717) is 27.2 Å². The van der Waals surface area contributed by atoms with Gasteiger partial charge in [-0.15, -0.1) is 23.2 Å². The van der Waals surface area contributed by atoms with Crippen LogP contribution in [0.5, 0.6) is 0 Å². The summed E-state index contributed by atoms with van der Waals surface area (Å²) < 4.78 is 5.15. The zero-order valence-electron chi connectivity index (χ0n) is 22.1. The van der Waals surface area contributed by atoms with Crippen molar-refractivity contribution in [1.29, 1.82) is 0 Å². The molecule has 0 aromatic heterocycles. The Morgan fingerprint density at radius 3 is 1.81 bits per heavy atom. The van der Waals surface area contributed by atoms with Crippen LogP contribution in [0.25, 0.3) is 0 Å². The second-order valence-electron chi connectivity index (χ2n) is 10.5. The standard InChI is InChI=1S/C30H21Cl2N3O8/c31-29-17-8-1-2-9-18(17)30(32,20-11-4-3-10-19(20)29)25-24(29)26(38)34(27(25)39)21(13-23(33)37)28(40)43-14-22(36)15-6-5-7-16(12-15)35(41)42/h1-12,21,24-25H,13-14H2,(H2,33,37)/t21-,24-,25+,29?,30?/m1/s1. The number of Topliss-reactive ketones (excluding diaryl/α,β-unsaturated/α-hetero) is 1. The first-order valence-corrected chi connectivity index (χ1v) is 13.8. The van der Waals surface area contributed by atoms with Crippen molar-refractivity contribution in [3.8, 4) is 0 Å². The number of halogens is 2. The van der Waals surface area contributed by atoms with Gasteiger partial charge in [0.2, 0.25) is 23.5 Å². The number of alkyl halides is 2. The van der Waals surface area contributed by atoms with Crippen molar-refractivity contribution < 1.29 is 33.6 Å². The number of nitrogens with zero attached hydrogens (tertiary/aromatic N) is 2. The van der Waals surface area contributed by atoms with Gasteiger partial charge in [-0.1, -0.05) is 60.7 Å². The molecule has 1 saturated heterocycles. The first kappa shape index (κ1) is 28.5. The Kier molecular flexibility index (Phi) is 6.62. The molecule has 2 bridgehead atoms. The van der Waals surface area contributed by atoms with Gasteiger partial charge in [0.25, 0.3) is 5.69 Å². The van der Waals surface area contributed by atoms with E-state index in [4.69, 9.17) is 33.7 Å². The third-order valence-corrected chi connectivity index (χ3v) is 9.61. The minimum Gasteiger partial charge on any atom is -0.456 e. The van der Waals surface area contributed by atoms with Crippen LogP contribution in [-0.2, 0) is 33.7 Å². The molecule has 7 rings (SSSR count). The number of nitro groups is 1. The first-order valence-electron chi connectivity index (χ1n) is 13.1. The van der Waals surface area contributed by atoms with Crippen LogP contribution in [0.3, 0.4) is 0 Å². The highest BCUT2D eigenvalue weighted by molar-refractivity contribution is 6.36. The lowest BCUT2D eigenvalue weighted by atomic mass is 9.54. The van der Waals surface area contributed by atoms with Gasteiger partial charge < -0.3 is 10.5 Å². The maximum Gasteiger partial charge on any atom is 0.330 e. The van der Waals surface area contributed by atoms with Crippen molar-refractivity contribution in [1.82, 2.24) is 4.90 Å². The van der Waals surface area contributed by atoms with E-state index in [1.54, 1.807) is 48.5 Å². The van der Waals surface area contributed by atoms with Crippen molar-refractivity contribution in [3.05, 3.63) is 111 Å². The minimum atomic E-state index is -1.81. The molecule has 3 aromatic rings. The number of non-ortho nitro benzene ring substituents is 1. The number of primary amides is 1. The van der Waals surface area contributed by atoms with E-state index in [1.165, 1.54) is 18.2 Å². The van der Waals surface area contributed by atoms with E-state index in [9.17, 15) is 34.1 Å². The van der Waals surface area contributed by atoms with Gasteiger partial charge in [0.1, 0.15) is 15.8 Å². The number of imide groups is 1. The molecule has 3 aliphatic carbocycles. The van der Waals surface area contributed by atoms with E-state index >= 15 is 0 Å². The predicted molar refractivity (Wildman–Crippen MR) is 151 cm³/mol. The molecule has 2 N–H and O–H groups in total. The molecule has 3 aromatic carbocycles. The van der Waals surface area contributed by atoms with Crippen LogP contribution in [0, 0.1) is 22.0 Å². The monoisotopic (exact) mass is 621 g/mol. The number of amides is 3. The number of esters is 1. The third kappa shape index (κ3) is 3.99. The SMILES string of the molecule is NC(=O)C[C@H](C(=O)OCC(=O)c1cccc([N+](=O)[O-])c1)N1C(=O)[C@@H]2[C@H](C1=O)C1(Cl)c3ccccc3C2(Cl)c2ccccc21. The number of ketones is 1. The fraction of sp³-hybridized carbons (Fsp3) is 0.233. The van der Waals surface area contributed by atoms with Gasteiger partial charge in [0, 0.05) is 17.7 Å². The molecule has 4 aliphatic rings. The molecule has 0 radical (unpaired) electrons. The summed E-state index contributed by atoms with van der Waals surface area (Å²) in [5.41, 5.74) is 7.15. The van der Waals surface area contributed by atoms with E-state index in [-0.39, 0.29) is 11.3 Å². The summed E-state index contributed by atoms with van der Waals surface area (Å²) >= 11 is 14.8. The number of ether oxygens (including phenoxy) is 1. The summed E-state index contributed by atoms with van der Waals surface area (Å²) in [6, 6.07) is 16.9. The Morgan fingerprint density at radius 1 is 0.884 bits per heavy atom. The predicted octanol–water partition coefficient (Wildman–Crippen LogP) is 3.16. The quantitative estimate of drug-likeness (QED) is 0.0999. The zero-order valence-corrected chi connectivity index (χ0v) is 23.6. The maximum absolute atomic E-state index is 14.2. The maximum atomic E-state index is 14.2. The highest BCUT2D eigenvalue weighted by Crippen LogP contribution is 2.69. The lowest BCUT2D eigenvalue weighted by molar-refractivity contribution is -0.384. The number of likely N-dealkylation sites (tertiary alicyclic amines) is 1. The molecule has 1 aliphatic heterocycles. The molecule has 0 saturated carbocycles. The lowest BCUT2D eigenvalue weighted by Crippen LogP contribution is -2.57. The van der Waals surface area contributed by atoms with Crippen LogP contribution in [0.15, 0.2) is 72.8 Å². The largest absolute Gasteiger partial charge is 0.456 e. The topological polar surface area (TPSA) is 167 Å². The van der Waals surface area contributed by atoms with Crippen LogP contribution < -0.4 is 5.73 Å². The molecule has 0 spiro atoms. The van der Waals surface area contributed by atoms with Gasteiger partial charge in [-0.2, -0.15) is 0 Å². The molecule has 3 amide bonds. The number of nitrogens with two attached hydrogens (primary N) is 1. The van der Waals surface area contributed by atoms with Gasteiger partial charge >= 0.3 is 5.97 Å². The molecule has 0 unspecified atom stereocenters. The van der Waals surface area contributed by atoms with Crippen LogP contribution in [0.2, 0.25) is 0 Å². The molecular weight excluding hydrogens is 601 g/mol. The van der Waals surface area contributed by atoms with E-state index in [2.05, 4.69) is 0 Å². The van der Waals surface area contributed by atoms with Crippen LogP contribution in [-0.4, -0.2) is 51.9 Å². The van der Waals surface area contributed by atoms with Crippen molar-refractivity contribution in [2.75, 3.05) is 6.61 Å². The number of hydrogen-bond donors (Lipinski definition) is 1. The van der Waals surface area contributed by atoms with Crippen molar-refractivity contribution in [3.63, 3.8) is 0 Å². The van der Waals surface area contributed by atoms with Gasteiger partial charge in [-0.05, 0) is 22.3 Å². The van der Waals surface area contributed by atoms with Crippen molar-refractivity contribution in [2.45, 2.75) is 22.2 Å². The molecule has 3 atom stereocenters. The third-order valence-electron chi connectivity index (χ3n) is 8.32. The first-order chi connectivity index (χ1) is 20.4. The van der Waals surface area contributed by atoms with Gasteiger partial charge in [0.15, 0.2) is 6.61 Å². The van der Waals surface area contributed by atoms with Crippen LogP contribution in [0.4, 0.5) is 5.69 Å². The van der Waals surface area contributed by atoms with E-state index in [0.717, 1.165) is 6.07 Å². The fourth-order valence-electron chi connectivity index (χ4n) is 6.58. The van der Waals surface area contributed by atoms with E-state index in [1.807, 2.05) is 0 Å². The minimum absolute atomic E-state index is 0.104. The average molecular weight is 622 g/mol. The van der Waals surface area contributed by atoms with Crippen molar-refractivity contribution in [2.24, 2.45) is 17.6 Å². The van der Waals surface area contributed by atoms with Crippen LogP contribution in [0.1, 0.15) is 39.0 Å². The Bertz CT molecular complexity index is 1650. The highest BCUT2D eigenvalue weighted by atomic mass is 35.5. The Balaban J connectivity index is 1.36. The number of benzene rings is 3. The lowest BCUT2D eigenvalue weighted by Gasteiger charge is -2.54. The smallest absolute Gasteiger partial charge is 0.330 e. The summed E-state index contributed by atoms with van der Waals surface area (Å²) in [6.07, 6.45) is -0.786. The number of carbonyl (C=O) groups is 5. The van der Waals surface area contributed by atoms with Crippen LogP contribution >= 0.6 is 23.2 Å². The van der Waals surface area contributed by atoms with Gasteiger partial charge in [-0.25, -0.2) is 4.79 Å². The number of nitro benzene ring substituents is 1. The Hall–Kier alpha value is -4.61. The second-order valence-corrected chi connectivity index (χ2v) is 11.7. The number of rotatable bonds is 8. The summed E-state index contributed by atoms with van der Waals surface area (Å²) in [4.78, 5) is 74.4. The summed E-state index contributed by atoms with van der Waals surface area (Å²) in [5, 5.41) is 11.1. The van der Waals surface area contributed by atoms with Gasteiger partial charge in [0.05, 0.1) is 23.2 Å². The highest BCUT2D eigenvalue weighted by Gasteiger charge is 2.73. The molecule has 13 heteroatoms.